The largest absolute Gasteiger partial charge is 0.388 e. The first-order valence-corrected chi connectivity index (χ1v) is 8.20. The molecule has 1 unspecified atom stereocenters. The fraction of sp³-hybridized carbons (Fsp3) is 0.316. The van der Waals surface area contributed by atoms with Crippen molar-refractivity contribution in [3.63, 3.8) is 0 Å². The number of aliphatic hydroxyl groups excluding tert-OH is 1. The van der Waals surface area contributed by atoms with Crippen molar-refractivity contribution in [1.82, 2.24) is 4.90 Å². The summed E-state index contributed by atoms with van der Waals surface area (Å²) in [6.45, 7) is 2.76. The van der Waals surface area contributed by atoms with Crippen molar-refractivity contribution < 1.29 is 9.90 Å². The second kappa shape index (κ2) is 8.29. The van der Waals surface area contributed by atoms with Crippen LogP contribution in [0, 0.1) is 6.92 Å². The lowest BCUT2D eigenvalue weighted by molar-refractivity contribution is -0.118. The van der Waals surface area contributed by atoms with Crippen LogP contribution in [0.25, 0.3) is 0 Å². The topological polar surface area (TPSA) is 52.6 Å². The van der Waals surface area contributed by atoms with Crippen molar-refractivity contribution in [3.8, 4) is 0 Å². The Morgan fingerprint density at radius 1 is 1.21 bits per heavy atom. The van der Waals surface area contributed by atoms with E-state index in [2.05, 4.69) is 11.4 Å². The molecule has 2 rings (SSSR count). The van der Waals surface area contributed by atoms with Crippen LogP contribution in [-0.2, 0) is 11.3 Å². The van der Waals surface area contributed by atoms with E-state index in [1.807, 2.05) is 38.1 Å². The molecule has 5 heteroatoms. The normalized spacial score (nSPS) is 12.2. The van der Waals surface area contributed by atoms with Gasteiger partial charge < -0.3 is 15.3 Å². The molecule has 2 aromatic rings. The molecule has 0 aliphatic carbocycles. The molecule has 128 valence electrons. The van der Waals surface area contributed by atoms with E-state index in [0.717, 1.165) is 23.4 Å². The number of aliphatic hydroxyl groups is 1. The third-order valence-electron chi connectivity index (χ3n) is 3.65. The van der Waals surface area contributed by atoms with Crippen LogP contribution in [0.4, 0.5) is 5.69 Å². The van der Waals surface area contributed by atoms with E-state index in [9.17, 15) is 9.90 Å². The molecular weight excluding hydrogens is 324 g/mol. The van der Waals surface area contributed by atoms with Gasteiger partial charge in [0.15, 0.2) is 0 Å². The third kappa shape index (κ3) is 5.34. The third-order valence-corrected chi connectivity index (χ3v) is 3.91. The first-order valence-electron chi connectivity index (χ1n) is 7.83. The molecule has 1 atom stereocenters. The molecule has 0 saturated carbocycles. The first kappa shape index (κ1) is 18.5. The minimum Gasteiger partial charge on any atom is -0.388 e. The van der Waals surface area contributed by atoms with E-state index in [-0.39, 0.29) is 12.3 Å². The molecule has 2 aromatic carbocycles. The number of anilines is 1. The first-order chi connectivity index (χ1) is 11.3. The summed E-state index contributed by atoms with van der Waals surface area (Å²) in [6.07, 6.45) is -0.860. The molecule has 4 nitrogen and oxygen atoms in total. The number of amides is 1. The number of aryl methyl sites for hydroxylation is 1. The average Bonchev–Trinajstić information content (AvgIpc) is 2.50. The zero-order chi connectivity index (χ0) is 17.7. The van der Waals surface area contributed by atoms with Gasteiger partial charge in [0.25, 0.3) is 0 Å². The van der Waals surface area contributed by atoms with Crippen molar-refractivity contribution in [2.24, 2.45) is 0 Å². The highest BCUT2D eigenvalue weighted by atomic mass is 35.5. The van der Waals surface area contributed by atoms with Gasteiger partial charge in [-0.2, -0.15) is 0 Å². The van der Waals surface area contributed by atoms with Gasteiger partial charge in [0, 0.05) is 17.3 Å². The number of nitrogens with one attached hydrogen (secondary N) is 1. The summed E-state index contributed by atoms with van der Waals surface area (Å²) >= 11 is 5.84. The number of halogens is 1. The summed E-state index contributed by atoms with van der Waals surface area (Å²) in [4.78, 5) is 14.3. The number of hydrogen-bond acceptors (Lipinski definition) is 3. The quantitative estimate of drug-likeness (QED) is 0.837. The monoisotopic (exact) mass is 346 g/mol. The van der Waals surface area contributed by atoms with Gasteiger partial charge in [0.1, 0.15) is 0 Å². The average molecular weight is 347 g/mol. The highest BCUT2D eigenvalue weighted by molar-refractivity contribution is 6.30. The van der Waals surface area contributed by atoms with Crippen molar-refractivity contribution in [3.05, 3.63) is 64.2 Å². The van der Waals surface area contributed by atoms with Crippen LogP contribution in [0.5, 0.6) is 0 Å². The second-order valence-electron chi connectivity index (χ2n) is 6.22. The molecular formula is C19H23ClN2O2. The molecule has 0 spiro atoms. The molecule has 24 heavy (non-hydrogen) atoms. The van der Waals surface area contributed by atoms with Crippen molar-refractivity contribution in [1.29, 1.82) is 0 Å². The molecule has 1 amide bonds. The summed E-state index contributed by atoms with van der Waals surface area (Å²) in [5, 5.41) is 13.7. The minimum atomic E-state index is -0.856. The lowest BCUT2D eigenvalue weighted by Gasteiger charge is -2.17. The second-order valence-corrected chi connectivity index (χ2v) is 6.65. The summed E-state index contributed by atoms with van der Waals surface area (Å²) in [5.74, 6) is -0.221. The highest BCUT2D eigenvalue weighted by Crippen LogP contribution is 2.22. The Labute approximate surface area is 148 Å². The van der Waals surface area contributed by atoms with Crippen LogP contribution in [0.15, 0.2) is 42.5 Å². The summed E-state index contributed by atoms with van der Waals surface area (Å²) in [7, 11) is 3.97. The van der Waals surface area contributed by atoms with Crippen LogP contribution in [0.1, 0.15) is 29.2 Å². The molecule has 2 N–H and O–H groups in total. The molecule has 0 saturated heterocycles. The number of nitrogens with zero attached hydrogens (tertiary/aromatic N) is 1. The van der Waals surface area contributed by atoms with E-state index < -0.39 is 6.10 Å². The maximum Gasteiger partial charge on any atom is 0.227 e. The van der Waals surface area contributed by atoms with Crippen molar-refractivity contribution in [2.75, 3.05) is 19.4 Å². The van der Waals surface area contributed by atoms with Crippen LogP contribution in [0.2, 0.25) is 5.02 Å². The van der Waals surface area contributed by atoms with Gasteiger partial charge in [0.2, 0.25) is 5.91 Å². The number of benzene rings is 2. The lowest BCUT2D eigenvalue weighted by Crippen LogP contribution is -2.18. The Morgan fingerprint density at radius 2 is 1.88 bits per heavy atom. The molecule has 0 aliphatic heterocycles. The van der Waals surface area contributed by atoms with Crippen LogP contribution < -0.4 is 5.32 Å². The van der Waals surface area contributed by atoms with E-state index in [0.29, 0.717) is 10.6 Å². The Bertz CT molecular complexity index is 699. The Kier molecular flexibility index (Phi) is 6.37. The molecule has 0 fully saturated rings. The van der Waals surface area contributed by atoms with Gasteiger partial charge >= 0.3 is 0 Å². The van der Waals surface area contributed by atoms with Crippen LogP contribution >= 0.6 is 11.6 Å². The Morgan fingerprint density at radius 3 is 2.50 bits per heavy atom. The van der Waals surface area contributed by atoms with Gasteiger partial charge in [-0.3, -0.25) is 4.79 Å². The van der Waals surface area contributed by atoms with Gasteiger partial charge in [-0.15, -0.1) is 0 Å². The molecule has 0 heterocycles. The van der Waals surface area contributed by atoms with E-state index in [1.54, 1.807) is 24.3 Å². The molecule has 0 radical (unpaired) electrons. The van der Waals surface area contributed by atoms with E-state index >= 15 is 0 Å². The maximum atomic E-state index is 12.3. The Hall–Kier alpha value is -1.88. The number of carbonyl (C=O) groups is 1. The van der Waals surface area contributed by atoms with Gasteiger partial charge in [-0.05, 0) is 50.3 Å². The number of hydrogen-bond donors (Lipinski definition) is 2. The number of rotatable bonds is 6. The SMILES string of the molecule is Cc1ccc(NC(=O)CC(O)c2ccc(Cl)cc2)c(CN(C)C)c1. The molecule has 0 aromatic heterocycles. The zero-order valence-electron chi connectivity index (χ0n) is 14.2. The molecule has 0 aliphatic rings. The summed E-state index contributed by atoms with van der Waals surface area (Å²) in [5.41, 5.74) is 3.65. The Balaban J connectivity index is 2.05. The van der Waals surface area contributed by atoms with Crippen LogP contribution in [0.3, 0.4) is 0 Å². The van der Waals surface area contributed by atoms with Crippen molar-refractivity contribution >= 4 is 23.2 Å². The van der Waals surface area contributed by atoms with Crippen molar-refractivity contribution in [2.45, 2.75) is 26.0 Å². The lowest BCUT2D eigenvalue weighted by atomic mass is 10.1. The fourth-order valence-electron chi connectivity index (χ4n) is 2.50. The molecule has 0 bridgehead atoms. The fourth-order valence-corrected chi connectivity index (χ4v) is 2.62. The maximum absolute atomic E-state index is 12.3. The van der Waals surface area contributed by atoms with E-state index in [4.69, 9.17) is 11.6 Å². The minimum absolute atomic E-state index is 0.00306. The van der Waals surface area contributed by atoms with Crippen LogP contribution in [-0.4, -0.2) is 30.0 Å². The van der Waals surface area contributed by atoms with Gasteiger partial charge in [-0.1, -0.05) is 41.4 Å². The smallest absolute Gasteiger partial charge is 0.227 e. The zero-order valence-corrected chi connectivity index (χ0v) is 15.0. The summed E-state index contributed by atoms with van der Waals surface area (Å²) in [6, 6.07) is 12.8. The number of carbonyl (C=O) groups excluding carboxylic acids is 1. The highest BCUT2D eigenvalue weighted by Gasteiger charge is 2.14. The summed E-state index contributed by atoms with van der Waals surface area (Å²) < 4.78 is 0. The predicted octanol–water partition coefficient (Wildman–Crippen LogP) is 3.77. The van der Waals surface area contributed by atoms with Gasteiger partial charge in [0.05, 0.1) is 12.5 Å². The van der Waals surface area contributed by atoms with E-state index in [1.165, 1.54) is 0 Å². The van der Waals surface area contributed by atoms with Gasteiger partial charge in [-0.25, -0.2) is 0 Å². The predicted molar refractivity (Wildman–Crippen MR) is 98.2 cm³/mol. The standard InChI is InChI=1S/C19H23ClN2O2/c1-13-4-9-17(15(10-13)12-22(2)3)21-19(24)11-18(23)14-5-7-16(20)8-6-14/h4-10,18,23H,11-12H2,1-3H3,(H,21,24).